The fraction of sp³-hybridized carbons (Fsp3) is 0. The van der Waals surface area contributed by atoms with Crippen molar-refractivity contribution in [1.82, 2.24) is 0 Å². The average molecular weight is 135 g/mol. The first-order valence-corrected chi connectivity index (χ1v) is 0.651. The normalized spacial score (nSPS) is 4.80. The number of carboxylic acid groups (broad SMARTS) is 2. The molecule has 0 rings (SSSR count). The Kier molecular flexibility index (Phi) is 6.74. The SMILES string of the molecule is O=C(O)O.[Ge]. The Balaban J connectivity index is 0. The van der Waals surface area contributed by atoms with E-state index < -0.39 is 6.16 Å². The molecule has 0 aliphatic carbocycles. The Bertz CT molecular complexity index is 29.9. The van der Waals surface area contributed by atoms with Crippen LogP contribution in [-0.2, 0) is 0 Å². The van der Waals surface area contributed by atoms with Crippen LogP contribution in [0.3, 0.4) is 0 Å². The molecule has 0 atom stereocenters. The molecule has 3 nitrogen and oxygen atoms in total. The molecule has 5 heavy (non-hydrogen) atoms. The molecule has 0 bridgehead atoms. The van der Waals surface area contributed by atoms with E-state index in [1.165, 1.54) is 0 Å². The summed E-state index contributed by atoms with van der Waals surface area (Å²) in [6.07, 6.45) is -1.83. The third-order valence-corrected chi connectivity index (χ3v) is 0. The number of rotatable bonds is 0. The van der Waals surface area contributed by atoms with Crippen LogP contribution in [-0.4, -0.2) is 34.0 Å². The molecule has 0 aromatic heterocycles. The predicted molar refractivity (Wildman–Crippen MR) is 16.4 cm³/mol. The summed E-state index contributed by atoms with van der Waals surface area (Å²) < 4.78 is 0. The second-order valence-corrected chi connectivity index (χ2v) is 0.283. The Labute approximate surface area is 39.6 Å². The average Bonchev–Trinajstić information content (AvgIpc) is 0.811. The van der Waals surface area contributed by atoms with Gasteiger partial charge in [-0.05, 0) is 0 Å². The van der Waals surface area contributed by atoms with Crippen LogP contribution in [0.4, 0.5) is 4.79 Å². The van der Waals surface area contributed by atoms with Gasteiger partial charge in [-0.1, -0.05) is 0 Å². The predicted octanol–water partition coefficient (Wildman–Crippen LogP) is -0.158. The maximum Gasteiger partial charge on any atom is 0.503 e. The quantitative estimate of drug-likeness (QED) is 0.453. The van der Waals surface area contributed by atoms with Gasteiger partial charge < -0.3 is 10.2 Å². The van der Waals surface area contributed by atoms with Gasteiger partial charge in [0.2, 0.25) is 0 Å². The standard InChI is InChI=1S/CH2O3.Ge/c2-1(3)4;/h(H2,2,3,4);. The molecule has 2 N–H and O–H groups in total. The van der Waals surface area contributed by atoms with E-state index >= 15 is 0 Å². The first kappa shape index (κ1) is 8.84. The summed E-state index contributed by atoms with van der Waals surface area (Å²) in [6.45, 7) is 0. The number of hydrogen-bond acceptors (Lipinski definition) is 1. The van der Waals surface area contributed by atoms with Gasteiger partial charge >= 0.3 is 6.16 Å². The van der Waals surface area contributed by atoms with Crippen molar-refractivity contribution in [3.05, 3.63) is 0 Å². The minimum Gasteiger partial charge on any atom is -0.450 e. The van der Waals surface area contributed by atoms with Crippen LogP contribution in [0.15, 0.2) is 0 Å². The first-order chi connectivity index (χ1) is 1.73. The van der Waals surface area contributed by atoms with Gasteiger partial charge in [-0.25, -0.2) is 4.79 Å². The summed E-state index contributed by atoms with van der Waals surface area (Å²) >= 11 is 0. The second-order valence-electron chi connectivity index (χ2n) is 0.283. The summed E-state index contributed by atoms with van der Waals surface area (Å²) in [6, 6.07) is 0. The zero-order valence-corrected chi connectivity index (χ0v) is 4.40. The first-order valence-electron chi connectivity index (χ1n) is 0.651. The summed E-state index contributed by atoms with van der Waals surface area (Å²) in [5.74, 6) is 0. The molecule has 0 unspecified atom stereocenters. The number of carbonyl (C=O) groups is 1. The van der Waals surface area contributed by atoms with E-state index in [1.54, 1.807) is 0 Å². The minimum absolute atomic E-state index is 0. The van der Waals surface area contributed by atoms with Crippen molar-refractivity contribution in [3.8, 4) is 0 Å². The van der Waals surface area contributed by atoms with Gasteiger partial charge in [0, 0.05) is 17.6 Å². The Morgan fingerprint density at radius 3 is 1.40 bits per heavy atom. The minimum atomic E-state index is -1.83. The molecule has 4 radical (unpaired) electrons. The van der Waals surface area contributed by atoms with Crippen molar-refractivity contribution >= 4 is 23.8 Å². The largest absolute Gasteiger partial charge is 0.503 e. The molecule has 0 fully saturated rings. The van der Waals surface area contributed by atoms with Crippen molar-refractivity contribution in [2.75, 3.05) is 0 Å². The van der Waals surface area contributed by atoms with Crippen LogP contribution >= 0.6 is 0 Å². The van der Waals surface area contributed by atoms with E-state index in [4.69, 9.17) is 15.0 Å². The summed E-state index contributed by atoms with van der Waals surface area (Å²) in [5.41, 5.74) is 0. The topological polar surface area (TPSA) is 57.5 Å². The van der Waals surface area contributed by atoms with Gasteiger partial charge in [0.1, 0.15) is 0 Å². The van der Waals surface area contributed by atoms with E-state index in [-0.39, 0.29) is 17.6 Å². The third-order valence-electron chi connectivity index (χ3n) is 0. The van der Waals surface area contributed by atoms with Crippen molar-refractivity contribution in [3.63, 3.8) is 0 Å². The van der Waals surface area contributed by atoms with Crippen LogP contribution in [0.25, 0.3) is 0 Å². The van der Waals surface area contributed by atoms with Crippen LogP contribution < -0.4 is 0 Å². The Morgan fingerprint density at radius 2 is 1.40 bits per heavy atom. The maximum atomic E-state index is 8.56. The molecular formula is CH2GeO3. The molecule has 28 valence electrons. The van der Waals surface area contributed by atoms with Crippen LogP contribution in [0.1, 0.15) is 0 Å². The van der Waals surface area contributed by atoms with Crippen molar-refractivity contribution in [2.24, 2.45) is 0 Å². The molecule has 0 aliphatic heterocycles. The molecule has 0 saturated carbocycles. The van der Waals surface area contributed by atoms with Gasteiger partial charge in [0.25, 0.3) is 0 Å². The molecule has 4 heteroatoms. The van der Waals surface area contributed by atoms with Gasteiger partial charge in [0.05, 0.1) is 0 Å². The second kappa shape index (κ2) is 3.81. The van der Waals surface area contributed by atoms with Gasteiger partial charge in [-0.15, -0.1) is 0 Å². The maximum absolute atomic E-state index is 8.56. The van der Waals surface area contributed by atoms with Gasteiger partial charge in [0.15, 0.2) is 0 Å². The van der Waals surface area contributed by atoms with Crippen LogP contribution in [0.2, 0.25) is 0 Å². The van der Waals surface area contributed by atoms with Gasteiger partial charge in [-0.2, -0.15) is 0 Å². The zero-order chi connectivity index (χ0) is 3.58. The van der Waals surface area contributed by atoms with E-state index in [0.717, 1.165) is 0 Å². The molecule has 0 heterocycles. The zero-order valence-electron chi connectivity index (χ0n) is 2.30. The fourth-order valence-corrected chi connectivity index (χ4v) is 0. The van der Waals surface area contributed by atoms with Crippen molar-refractivity contribution in [2.45, 2.75) is 0 Å². The van der Waals surface area contributed by atoms with Crippen LogP contribution in [0, 0.1) is 0 Å². The summed E-state index contributed by atoms with van der Waals surface area (Å²) in [4.78, 5) is 8.56. The number of hydrogen-bond donors (Lipinski definition) is 2. The third kappa shape index (κ3) is 358. The molecule has 0 saturated heterocycles. The van der Waals surface area contributed by atoms with E-state index in [1.807, 2.05) is 0 Å². The monoisotopic (exact) mass is 136 g/mol. The summed E-state index contributed by atoms with van der Waals surface area (Å²) in [7, 11) is 0. The molecule has 0 aromatic rings. The van der Waals surface area contributed by atoms with Crippen molar-refractivity contribution < 1.29 is 15.0 Å². The van der Waals surface area contributed by atoms with E-state index in [0.29, 0.717) is 0 Å². The van der Waals surface area contributed by atoms with E-state index in [2.05, 4.69) is 0 Å². The molecule has 0 aromatic carbocycles. The Morgan fingerprint density at radius 1 is 1.40 bits per heavy atom. The Hall–Kier alpha value is -0.187. The molecule has 0 aliphatic rings. The molecular weight excluding hydrogens is 133 g/mol. The fourth-order valence-electron chi connectivity index (χ4n) is 0. The van der Waals surface area contributed by atoms with Crippen molar-refractivity contribution in [1.29, 1.82) is 0 Å². The smallest absolute Gasteiger partial charge is 0.450 e. The van der Waals surface area contributed by atoms with Gasteiger partial charge in [-0.3, -0.25) is 0 Å². The van der Waals surface area contributed by atoms with Crippen LogP contribution in [0.5, 0.6) is 0 Å². The molecule has 0 amide bonds. The molecule has 0 spiro atoms. The van der Waals surface area contributed by atoms with E-state index in [9.17, 15) is 0 Å². The summed E-state index contributed by atoms with van der Waals surface area (Å²) in [5, 5.41) is 13.9.